The molecule has 1 aromatic carbocycles. The maximum atomic E-state index is 12.1. The lowest BCUT2D eigenvalue weighted by molar-refractivity contribution is -0.118. The smallest absolute Gasteiger partial charge is 0.230 e. The van der Waals surface area contributed by atoms with E-state index in [1.807, 2.05) is 4.57 Å². The summed E-state index contributed by atoms with van der Waals surface area (Å²) in [6.45, 7) is 11.0. The predicted octanol–water partition coefficient (Wildman–Crippen LogP) is 1.89. The van der Waals surface area contributed by atoms with Gasteiger partial charge in [0.15, 0.2) is 5.16 Å². The normalized spacial score (nSPS) is 15.8. The van der Waals surface area contributed by atoms with Crippen LogP contribution in [0.3, 0.4) is 0 Å². The van der Waals surface area contributed by atoms with E-state index in [9.17, 15) is 4.79 Å². The minimum absolute atomic E-state index is 0.0472. The molecular weight excluding hydrogens is 372 g/mol. The van der Waals surface area contributed by atoms with Crippen LogP contribution in [0.15, 0.2) is 41.8 Å². The molecule has 28 heavy (non-hydrogen) atoms. The van der Waals surface area contributed by atoms with Crippen LogP contribution in [0.5, 0.6) is 0 Å². The summed E-state index contributed by atoms with van der Waals surface area (Å²) in [4.78, 5) is 17.0. The topological polar surface area (TPSA) is 66.3 Å². The predicted molar refractivity (Wildman–Crippen MR) is 112 cm³/mol. The fourth-order valence-electron chi connectivity index (χ4n) is 3.24. The second kappa shape index (κ2) is 10.6. The number of thioether (sulfide) groups is 1. The first-order valence-electron chi connectivity index (χ1n) is 9.89. The molecule has 8 heteroatoms. The first kappa shape index (κ1) is 20.8. The molecule has 152 valence electrons. The number of piperazine rings is 1. The summed E-state index contributed by atoms with van der Waals surface area (Å²) in [6.07, 6.45) is 1.71. The van der Waals surface area contributed by atoms with E-state index >= 15 is 0 Å². The van der Waals surface area contributed by atoms with Crippen molar-refractivity contribution in [1.29, 1.82) is 0 Å². The van der Waals surface area contributed by atoms with Gasteiger partial charge in [0.25, 0.3) is 0 Å². The molecular formula is C20H30N6OS. The largest absolute Gasteiger partial charge is 0.354 e. The SMILES string of the molecule is CC(C)n1cnnc1SCC(=O)NCCN1CCN(Cc2ccccc2)CC1. The Morgan fingerprint density at radius 2 is 1.86 bits per heavy atom. The zero-order chi connectivity index (χ0) is 19.8. The number of hydrogen-bond donors (Lipinski definition) is 1. The van der Waals surface area contributed by atoms with E-state index in [1.54, 1.807) is 6.33 Å². The maximum Gasteiger partial charge on any atom is 0.230 e. The number of nitrogens with one attached hydrogen (secondary N) is 1. The van der Waals surface area contributed by atoms with Gasteiger partial charge in [-0.1, -0.05) is 42.1 Å². The van der Waals surface area contributed by atoms with Crippen LogP contribution in [0.25, 0.3) is 0 Å². The van der Waals surface area contributed by atoms with E-state index in [1.165, 1.54) is 17.3 Å². The van der Waals surface area contributed by atoms with Crippen LogP contribution in [-0.4, -0.2) is 75.5 Å². The van der Waals surface area contributed by atoms with Gasteiger partial charge in [0.1, 0.15) is 6.33 Å². The van der Waals surface area contributed by atoms with Gasteiger partial charge in [0, 0.05) is 51.9 Å². The zero-order valence-corrected chi connectivity index (χ0v) is 17.6. The highest BCUT2D eigenvalue weighted by Gasteiger charge is 2.17. The third kappa shape index (κ3) is 6.32. The van der Waals surface area contributed by atoms with Gasteiger partial charge in [-0.05, 0) is 19.4 Å². The Hall–Kier alpha value is -1.90. The molecule has 3 rings (SSSR count). The van der Waals surface area contributed by atoms with E-state index in [2.05, 4.69) is 69.5 Å². The fraction of sp³-hybridized carbons (Fsp3) is 0.550. The van der Waals surface area contributed by atoms with Crippen LogP contribution in [0.1, 0.15) is 25.5 Å². The molecule has 2 aromatic rings. The lowest BCUT2D eigenvalue weighted by atomic mass is 10.2. The highest BCUT2D eigenvalue weighted by molar-refractivity contribution is 7.99. The highest BCUT2D eigenvalue weighted by Crippen LogP contribution is 2.18. The quantitative estimate of drug-likeness (QED) is 0.646. The standard InChI is InChI=1S/C20H30N6OS/c1-17(2)26-16-22-23-20(26)28-15-19(27)21-8-9-24-10-12-25(13-11-24)14-18-6-4-3-5-7-18/h3-7,16-17H,8-15H2,1-2H3,(H,21,27). The van der Waals surface area contributed by atoms with Crippen molar-refractivity contribution in [3.63, 3.8) is 0 Å². The first-order chi connectivity index (χ1) is 13.6. The minimum Gasteiger partial charge on any atom is -0.354 e. The van der Waals surface area contributed by atoms with E-state index in [4.69, 9.17) is 0 Å². The molecule has 1 aromatic heterocycles. The monoisotopic (exact) mass is 402 g/mol. The summed E-state index contributed by atoms with van der Waals surface area (Å²) in [5, 5.41) is 11.8. The number of aromatic nitrogens is 3. The molecule has 0 atom stereocenters. The van der Waals surface area contributed by atoms with Crippen LogP contribution in [-0.2, 0) is 11.3 Å². The molecule has 0 aliphatic carbocycles. The molecule has 2 heterocycles. The summed E-state index contributed by atoms with van der Waals surface area (Å²) in [6, 6.07) is 10.9. The first-order valence-corrected chi connectivity index (χ1v) is 10.9. The molecule has 7 nitrogen and oxygen atoms in total. The number of carbonyl (C=O) groups excluding carboxylic acids is 1. The van der Waals surface area contributed by atoms with Gasteiger partial charge in [0.05, 0.1) is 5.75 Å². The molecule has 0 radical (unpaired) electrons. The minimum atomic E-state index is 0.0472. The van der Waals surface area contributed by atoms with Crippen molar-refractivity contribution in [2.45, 2.75) is 31.6 Å². The molecule has 1 saturated heterocycles. The maximum absolute atomic E-state index is 12.1. The molecule has 1 aliphatic rings. The molecule has 0 unspecified atom stereocenters. The third-order valence-corrected chi connectivity index (χ3v) is 5.85. The zero-order valence-electron chi connectivity index (χ0n) is 16.8. The summed E-state index contributed by atoms with van der Waals surface area (Å²) in [5.41, 5.74) is 1.37. The van der Waals surface area contributed by atoms with Gasteiger partial charge in [-0.15, -0.1) is 10.2 Å². The van der Waals surface area contributed by atoms with Crippen molar-refractivity contribution >= 4 is 17.7 Å². The Morgan fingerprint density at radius 3 is 2.57 bits per heavy atom. The van der Waals surface area contributed by atoms with Crippen molar-refractivity contribution in [3.05, 3.63) is 42.2 Å². The Labute approximate surface area is 171 Å². The van der Waals surface area contributed by atoms with Crippen LogP contribution >= 0.6 is 11.8 Å². The van der Waals surface area contributed by atoms with Gasteiger partial charge in [-0.2, -0.15) is 0 Å². The van der Waals surface area contributed by atoms with Crippen molar-refractivity contribution in [2.75, 3.05) is 45.0 Å². The van der Waals surface area contributed by atoms with Crippen LogP contribution in [0, 0.1) is 0 Å². The number of benzene rings is 1. The van der Waals surface area contributed by atoms with Crippen molar-refractivity contribution in [3.8, 4) is 0 Å². The number of hydrogen-bond acceptors (Lipinski definition) is 6. The molecule has 0 bridgehead atoms. The Balaban J connectivity index is 1.29. The van der Waals surface area contributed by atoms with E-state index in [-0.39, 0.29) is 5.91 Å². The summed E-state index contributed by atoms with van der Waals surface area (Å²) in [5.74, 6) is 0.419. The Morgan fingerprint density at radius 1 is 1.14 bits per heavy atom. The summed E-state index contributed by atoms with van der Waals surface area (Å²) >= 11 is 1.43. The number of rotatable bonds is 9. The fourth-order valence-corrected chi connectivity index (χ4v) is 4.11. The van der Waals surface area contributed by atoms with Gasteiger partial charge in [-0.3, -0.25) is 14.6 Å². The van der Waals surface area contributed by atoms with Crippen molar-refractivity contribution < 1.29 is 4.79 Å². The molecule has 1 N–H and O–H groups in total. The second-order valence-corrected chi connectivity index (χ2v) is 8.30. The number of nitrogens with zero attached hydrogens (tertiary/aromatic N) is 5. The molecule has 0 saturated carbocycles. The summed E-state index contributed by atoms with van der Waals surface area (Å²) < 4.78 is 1.98. The average molecular weight is 403 g/mol. The van der Waals surface area contributed by atoms with Gasteiger partial charge in [-0.25, -0.2) is 0 Å². The average Bonchev–Trinajstić information content (AvgIpc) is 3.18. The van der Waals surface area contributed by atoms with Gasteiger partial charge >= 0.3 is 0 Å². The third-order valence-electron chi connectivity index (χ3n) is 4.89. The Bertz CT molecular complexity index is 727. The van der Waals surface area contributed by atoms with E-state index in [0.717, 1.165) is 44.4 Å². The van der Waals surface area contributed by atoms with Gasteiger partial charge < -0.3 is 9.88 Å². The second-order valence-electron chi connectivity index (χ2n) is 7.36. The van der Waals surface area contributed by atoms with E-state index < -0.39 is 0 Å². The number of amides is 1. The van der Waals surface area contributed by atoms with Crippen molar-refractivity contribution in [1.82, 2.24) is 29.9 Å². The lowest BCUT2D eigenvalue weighted by Gasteiger charge is -2.34. The van der Waals surface area contributed by atoms with Crippen LogP contribution in [0.4, 0.5) is 0 Å². The van der Waals surface area contributed by atoms with E-state index in [0.29, 0.717) is 18.3 Å². The van der Waals surface area contributed by atoms with Crippen LogP contribution < -0.4 is 5.32 Å². The Kier molecular flexibility index (Phi) is 7.88. The molecule has 0 spiro atoms. The number of carbonyl (C=O) groups is 1. The summed E-state index contributed by atoms with van der Waals surface area (Å²) in [7, 11) is 0. The molecule has 1 fully saturated rings. The molecule has 1 amide bonds. The highest BCUT2D eigenvalue weighted by atomic mass is 32.2. The molecule has 1 aliphatic heterocycles. The van der Waals surface area contributed by atoms with Gasteiger partial charge in [0.2, 0.25) is 5.91 Å². The van der Waals surface area contributed by atoms with Crippen LogP contribution in [0.2, 0.25) is 0 Å². The lowest BCUT2D eigenvalue weighted by Crippen LogP contribution is -2.48. The van der Waals surface area contributed by atoms with Crippen molar-refractivity contribution in [2.24, 2.45) is 0 Å².